The minimum Gasteiger partial charge on any atom is -0.494 e. The molecule has 2 aromatic carbocycles. The van der Waals surface area contributed by atoms with E-state index in [9.17, 15) is 13.2 Å². The Morgan fingerprint density at radius 3 is 2.44 bits per heavy atom. The van der Waals surface area contributed by atoms with E-state index in [1.165, 1.54) is 18.2 Å². The number of benzene rings is 2. The van der Waals surface area contributed by atoms with Crippen LogP contribution in [0.2, 0.25) is 0 Å². The van der Waals surface area contributed by atoms with Gasteiger partial charge in [-0.25, -0.2) is 8.42 Å². The number of carbonyl (C=O) groups is 1. The number of carbonyl (C=O) groups excluding carboxylic acids is 1. The summed E-state index contributed by atoms with van der Waals surface area (Å²) in [5.74, 6) is 0.395. The van der Waals surface area contributed by atoms with Crippen molar-refractivity contribution in [3.8, 4) is 5.75 Å². The lowest BCUT2D eigenvalue weighted by Crippen LogP contribution is -2.24. The van der Waals surface area contributed by atoms with E-state index in [-0.39, 0.29) is 10.8 Å². The first kappa shape index (κ1) is 20.8. The molecule has 2 N–H and O–H groups in total. The van der Waals surface area contributed by atoms with Crippen LogP contribution in [0.5, 0.6) is 5.75 Å². The lowest BCUT2D eigenvalue weighted by molar-refractivity contribution is 0.0953. The first-order chi connectivity index (χ1) is 13.0. The third-order valence-electron chi connectivity index (χ3n) is 3.89. The molecule has 0 unspecified atom stereocenters. The second-order valence-electron chi connectivity index (χ2n) is 6.05. The summed E-state index contributed by atoms with van der Waals surface area (Å²) in [6, 6.07) is 12.6. The van der Waals surface area contributed by atoms with Gasteiger partial charge in [0, 0.05) is 17.8 Å². The number of sulfonamides is 1. The minimum absolute atomic E-state index is 0.125. The Morgan fingerprint density at radius 1 is 1.04 bits per heavy atom. The lowest BCUT2D eigenvalue weighted by Gasteiger charge is -2.11. The van der Waals surface area contributed by atoms with Crippen LogP contribution >= 0.6 is 0 Å². The van der Waals surface area contributed by atoms with Crippen molar-refractivity contribution in [2.45, 2.75) is 38.0 Å². The van der Waals surface area contributed by atoms with Crippen LogP contribution < -0.4 is 14.8 Å². The molecule has 0 saturated carbocycles. The number of hydrogen-bond donors (Lipinski definition) is 2. The monoisotopic (exact) mass is 390 g/mol. The third kappa shape index (κ3) is 6.29. The van der Waals surface area contributed by atoms with E-state index in [0.29, 0.717) is 30.2 Å². The summed E-state index contributed by atoms with van der Waals surface area (Å²) in [6.45, 7) is 5.08. The van der Waals surface area contributed by atoms with Crippen LogP contribution in [0.3, 0.4) is 0 Å². The fraction of sp³-hybridized carbons (Fsp3) is 0.350. The largest absolute Gasteiger partial charge is 0.494 e. The lowest BCUT2D eigenvalue weighted by atomic mass is 10.2. The fourth-order valence-electron chi connectivity index (χ4n) is 2.50. The van der Waals surface area contributed by atoms with Crippen molar-refractivity contribution in [2.75, 3.05) is 17.9 Å². The number of unbranched alkanes of at least 4 members (excludes halogenated alkanes) is 2. The summed E-state index contributed by atoms with van der Waals surface area (Å²) in [6.07, 6.45) is 3.06. The van der Waals surface area contributed by atoms with Gasteiger partial charge in [0.25, 0.3) is 15.9 Å². The van der Waals surface area contributed by atoms with Gasteiger partial charge in [0.2, 0.25) is 0 Å². The molecule has 0 aromatic heterocycles. The summed E-state index contributed by atoms with van der Waals surface area (Å²) in [5, 5.41) is 2.84. The van der Waals surface area contributed by atoms with Crippen LogP contribution in [-0.2, 0) is 10.0 Å². The average molecular weight is 391 g/mol. The highest BCUT2D eigenvalue weighted by atomic mass is 32.2. The molecule has 0 aliphatic rings. The van der Waals surface area contributed by atoms with E-state index >= 15 is 0 Å². The van der Waals surface area contributed by atoms with Gasteiger partial charge in [0.15, 0.2) is 0 Å². The normalized spacial score (nSPS) is 11.0. The van der Waals surface area contributed by atoms with Crippen molar-refractivity contribution in [1.29, 1.82) is 0 Å². The van der Waals surface area contributed by atoms with Gasteiger partial charge in [-0.15, -0.1) is 0 Å². The minimum atomic E-state index is -3.75. The molecule has 7 heteroatoms. The van der Waals surface area contributed by atoms with Crippen molar-refractivity contribution < 1.29 is 17.9 Å². The number of hydrogen-bond acceptors (Lipinski definition) is 4. The van der Waals surface area contributed by atoms with Gasteiger partial charge in [-0.1, -0.05) is 25.8 Å². The van der Waals surface area contributed by atoms with E-state index in [2.05, 4.69) is 17.0 Å². The maximum atomic E-state index is 12.5. The maximum Gasteiger partial charge on any atom is 0.261 e. The predicted octanol–water partition coefficient (Wildman–Crippen LogP) is 3.81. The smallest absolute Gasteiger partial charge is 0.261 e. The Balaban J connectivity index is 2.06. The van der Waals surface area contributed by atoms with E-state index in [4.69, 9.17) is 4.74 Å². The maximum absolute atomic E-state index is 12.5. The topological polar surface area (TPSA) is 84.5 Å². The molecule has 2 aromatic rings. The van der Waals surface area contributed by atoms with Gasteiger partial charge in [-0.05, 0) is 55.8 Å². The molecule has 6 nitrogen and oxygen atoms in total. The highest BCUT2D eigenvalue weighted by molar-refractivity contribution is 7.92. The standard InChI is InChI=1S/C20H26N2O4S/c1-3-5-6-14-21-20(23)16-8-7-9-17(15-16)22-27(24,25)19-12-10-18(11-13-19)26-4-2/h7-13,15,22H,3-6,14H2,1-2H3,(H,21,23). The molecule has 0 bridgehead atoms. The van der Waals surface area contributed by atoms with E-state index < -0.39 is 10.0 Å². The van der Waals surface area contributed by atoms with Crippen LogP contribution in [0, 0.1) is 0 Å². The molecule has 0 fully saturated rings. The summed E-state index contributed by atoms with van der Waals surface area (Å²) < 4.78 is 32.9. The summed E-state index contributed by atoms with van der Waals surface area (Å²) in [5.41, 5.74) is 0.753. The summed E-state index contributed by atoms with van der Waals surface area (Å²) in [7, 11) is -3.75. The highest BCUT2D eigenvalue weighted by Crippen LogP contribution is 2.20. The SMILES string of the molecule is CCCCCNC(=O)c1cccc(NS(=O)(=O)c2ccc(OCC)cc2)c1. The molecule has 0 aliphatic carbocycles. The Hall–Kier alpha value is -2.54. The van der Waals surface area contributed by atoms with E-state index in [1.54, 1.807) is 30.3 Å². The van der Waals surface area contributed by atoms with Crippen molar-refractivity contribution in [1.82, 2.24) is 5.32 Å². The van der Waals surface area contributed by atoms with Gasteiger partial charge < -0.3 is 10.1 Å². The average Bonchev–Trinajstić information content (AvgIpc) is 2.66. The molecule has 146 valence electrons. The summed E-state index contributed by atoms with van der Waals surface area (Å²) in [4.78, 5) is 12.3. The van der Waals surface area contributed by atoms with Gasteiger partial charge in [-0.2, -0.15) is 0 Å². The van der Waals surface area contributed by atoms with Crippen molar-refractivity contribution >= 4 is 21.6 Å². The second-order valence-corrected chi connectivity index (χ2v) is 7.74. The molecule has 0 aliphatic heterocycles. The summed E-state index contributed by atoms with van der Waals surface area (Å²) >= 11 is 0. The number of anilines is 1. The zero-order valence-corrected chi connectivity index (χ0v) is 16.5. The van der Waals surface area contributed by atoms with E-state index in [0.717, 1.165) is 19.3 Å². The number of amides is 1. The Bertz CT molecular complexity index is 849. The Morgan fingerprint density at radius 2 is 1.78 bits per heavy atom. The third-order valence-corrected chi connectivity index (χ3v) is 5.29. The molecule has 0 radical (unpaired) electrons. The molecule has 0 heterocycles. The molecule has 1 amide bonds. The molecule has 0 atom stereocenters. The van der Waals surface area contributed by atoms with Crippen molar-refractivity contribution in [3.63, 3.8) is 0 Å². The number of rotatable bonds is 10. The van der Waals surface area contributed by atoms with Crippen LogP contribution in [-0.4, -0.2) is 27.5 Å². The van der Waals surface area contributed by atoms with Crippen molar-refractivity contribution in [3.05, 3.63) is 54.1 Å². The molecular weight excluding hydrogens is 364 g/mol. The predicted molar refractivity (Wildman–Crippen MR) is 107 cm³/mol. The van der Waals surface area contributed by atoms with E-state index in [1.807, 2.05) is 6.92 Å². The second kappa shape index (κ2) is 9.97. The molecule has 0 saturated heterocycles. The number of ether oxygens (including phenoxy) is 1. The Kier molecular flexibility index (Phi) is 7.67. The zero-order valence-electron chi connectivity index (χ0n) is 15.7. The first-order valence-electron chi connectivity index (χ1n) is 9.10. The molecule has 0 spiro atoms. The van der Waals surface area contributed by atoms with Gasteiger partial charge in [-0.3, -0.25) is 9.52 Å². The van der Waals surface area contributed by atoms with Gasteiger partial charge in [0.05, 0.1) is 11.5 Å². The molecular formula is C20H26N2O4S. The highest BCUT2D eigenvalue weighted by Gasteiger charge is 2.15. The quantitative estimate of drug-likeness (QED) is 0.604. The number of nitrogens with one attached hydrogen (secondary N) is 2. The van der Waals surface area contributed by atoms with Crippen LogP contribution in [0.1, 0.15) is 43.5 Å². The van der Waals surface area contributed by atoms with Gasteiger partial charge >= 0.3 is 0 Å². The van der Waals surface area contributed by atoms with Crippen molar-refractivity contribution in [2.24, 2.45) is 0 Å². The zero-order chi connectivity index (χ0) is 19.7. The van der Waals surface area contributed by atoms with Crippen LogP contribution in [0.15, 0.2) is 53.4 Å². The molecule has 2 rings (SSSR count). The van der Waals surface area contributed by atoms with Crippen LogP contribution in [0.25, 0.3) is 0 Å². The first-order valence-corrected chi connectivity index (χ1v) is 10.6. The molecule has 27 heavy (non-hydrogen) atoms. The fourth-order valence-corrected chi connectivity index (χ4v) is 3.55. The van der Waals surface area contributed by atoms with Crippen LogP contribution in [0.4, 0.5) is 5.69 Å². The van der Waals surface area contributed by atoms with Gasteiger partial charge in [0.1, 0.15) is 5.75 Å². The Labute approximate surface area is 161 Å².